The van der Waals surface area contributed by atoms with Crippen LogP contribution in [0.1, 0.15) is 23.6 Å². The molecule has 6 nitrogen and oxygen atoms in total. The summed E-state index contributed by atoms with van der Waals surface area (Å²) in [5, 5.41) is 3.20. The molecule has 1 heterocycles. The lowest BCUT2D eigenvalue weighted by Crippen LogP contribution is -2.30. The second-order valence-corrected chi connectivity index (χ2v) is 6.81. The summed E-state index contributed by atoms with van der Waals surface area (Å²) in [5.74, 6) is -0.0386. The molecule has 146 valence electrons. The van der Waals surface area contributed by atoms with Gasteiger partial charge in [0.1, 0.15) is 0 Å². The Bertz CT molecular complexity index is 934. The molecular formula is C21H20ClNO5. The van der Waals surface area contributed by atoms with E-state index in [0.29, 0.717) is 22.1 Å². The number of esters is 1. The molecule has 1 amide bonds. The first-order valence-electron chi connectivity index (χ1n) is 8.70. The van der Waals surface area contributed by atoms with Gasteiger partial charge in [0.2, 0.25) is 6.79 Å². The molecule has 0 fully saturated rings. The molecule has 1 aliphatic heterocycles. The number of para-hydroxylation sites is 1. The van der Waals surface area contributed by atoms with Crippen LogP contribution in [0.3, 0.4) is 0 Å². The topological polar surface area (TPSA) is 73.9 Å². The number of anilines is 1. The predicted octanol–water partition coefficient (Wildman–Crippen LogP) is 4.27. The highest BCUT2D eigenvalue weighted by atomic mass is 35.5. The number of halogens is 1. The number of fused-ring (bicyclic) bond motifs is 1. The normalized spacial score (nSPS) is 13.4. The van der Waals surface area contributed by atoms with E-state index in [1.807, 2.05) is 32.0 Å². The van der Waals surface area contributed by atoms with Gasteiger partial charge in [-0.2, -0.15) is 0 Å². The molecule has 1 atom stereocenters. The number of carbonyl (C=O) groups excluding carboxylic acids is 2. The molecule has 0 unspecified atom stereocenters. The van der Waals surface area contributed by atoms with Crippen molar-refractivity contribution in [2.75, 3.05) is 12.1 Å². The van der Waals surface area contributed by atoms with Crippen LogP contribution in [0.2, 0.25) is 5.02 Å². The van der Waals surface area contributed by atoms with E-state index in [0.717, 1.165) is 16.8 Å². The minimum Gasteiger partial charge on any atom is -0.454 e. The van der Waals surface area contributed by atoms with Crippen LogP contribution in [0.4, 0.5) is 5.69 Å². The summed E-state index contributed by atoms with van der Waals surface area (Å²) >= 11 is 6.11. The number of ether oxygens (including phenoxy) is 3. The van der Waals surface area contributed by atoms with Crippen LogP contribution >= 0.6 is 11.6 Å². The number of carbonyl (C=O) groups is 2. The molecule has 1 aliphatic rings. The average Bonchev–Trinajstić information content (AvgIpc) is 3.12. The van der Waals surface area contributed by atoms with Crippen LogP contribution < -0.4 is 14.8 Å². The molecule has 2 aromatic rings. The third kappa shape index (κ3) is 4.46. The van der Waals surface area contributed by atoms with Crippen molar-refractivity contribution in [1.29, 1.82) is 0 Å². The highest BCUT2D eigenvalue weighted by Crippen LogP contribution is 2.40. The third-order valence-electron chi connectivity index (χ3n) is 4.25. The highest BCUT2D eigenvalue weighted by molar-refractivity contribution is 6.32. The number of amides is 1. The van der Waals surface area contributed by atoms with Crippen molar-refractivity contribution in [2.45, 2.75) is 26.9 Å². The largest absolute Gasteiger partial charge is 0.454 e. The van der Waals surface area contributed by atoms with Gasteiger partial charge in [0, 0.05) is 11.8 Å². The van der Waals surface area contributed by atoms with E-state index in [1.165, 1.54) is 19.1 Å². The van der Waals surface area contributed by atoms with Gasteiger partial charge in [0.25, 0.3) is 5.91 Å². The second-order valence-electron chi connectivity index (χ2n) is 6.41. The average molecular weight is 402 g/mol. The van der Waals surface area contributed by atoms with Gasteiger partial charge in [0.15, 0.2) is 17.6 Å². The lowest BCUT2D eigenvalue weighted by molar-refractivity contribution is -0.148. The Morgan fingerprint density at radius 1 is 1.21 bits per heavy atom. The van der Waals surface area contributed by atoms with Gasteiger partial charge < -0.3 is 19.5 Å². The molecule has 7 heteroatoms. The zero-order chi connectivity index (χ0) is 20.3. The lowest BCUT2D eigenvalue weighted by atomic mass is 10.1. The van der Waals surface area contributed by atoms with Crippen molar-refractivity contribution >= 4 is 35.2 Å². The Kier molecular flexibility index (Phi) is 5.90. The molecule has 0 spiro atoms. The van der Waals surface area contributed by atoms with Gasteiger partial charge in [-0.25, -0.2) is 4.79 Å². The maximum Gasteiger partial charge on any atom is 0.331 e. The van der Waals surface area contributed by atoms with E-state index >= 15 is 0 Å². The fourth-order valence-corrected chi connectivity index (χ4v) is 3.02. The first kappa shape index (κ1) is 19.8. The van der Waals surface area contributed by atoms with Crippen LogP contribution in [0.15, 0.2) is 36.4 Å². The minimum atomic E-state index is -0.948. The highest BCUT2D eigenvalue weighted by Gasteiger charge is 2.19. The summed E-state index contributed by atoms with van der Waals surface area (Å²) in [6.07, 6.45) is 1.82. The van der Waals surface area contributed by atoms with Gasteiger partial charge in [-0.15, -0.1) is 0 Å². The first-order chi connectivity index (χ1) is 13.3. The Hall–Kier alpha value is -2.99. The van der Waals surface area contributed by atoms with Crippen molar-refractivity contribution in [3.8, 4) is 11.5 Å². The molecule has 2 aromatic carbocycles. The molecule has 0 bridgehead atoms. The van der Waals surface area contributed by atoms with Crippen molar-refractivity contribution in [1.82, 2.24) is 0 Å². The lowest BCUT2D eigenvalue weighted by Gasteiger charge is -2.15. The molecule has 0 radical (unpaired) electrons. The van der Waals surface area contributed by atoms with Crippen LogP contribution in [-0.4, -0.2) is 24.8 Å². The third-order valence-corrected chi connectivity index (χ3v) is 4.53. The predicted molar refractivity (Wildman–Crippen MR) is 107 cm³/mol. The van der Waals surface area contributed by atoms with E-state index in [-0.39, 0.29) is 6.79 Å². The number of hydrogen-bond acceptors (Lipinski definition) is 5. The van der Waals surface area contributed by atoms with Crippen molar-refractivity contribution in [2.24, 2.45) is 0 Å². The zero-order valence-corrected chi connectivity index (χ0v) is 16.5. The number of hydrogen-bond donors (Lipinski definition) is 1. The van der Waals surface area contributed by atoms with Gasteiger partial charge in [-0.05, 0) is 55.7 Å². The number of rotatable bonds is 5. The molecule has 0 aromatic heterocycles. The van der Waals surface area contributed by atoms with Crippen LogP contribution in [0.5, 0.6) is 11.5 Å². The van der Waals surface area contributed by atoms with Crippen molar-refractivity contribution in [3.63, 3.8) is 0 Å². The zero-order valence-electron chi connectivity index (χ0n) is 15.7. The molecule has 28 heavy (non-hydrogen) atoms. The minimum absolute atomic E-state index is 0.108. The van der Waals surface area contributed by atoms with Gasteiger partial charge in [0.05, 0.1) is 5.02 Å². The summed E-state index contributed by atoms with van der Waals surface area (Å²) in [6.45, 7) is 5.43. The Morgan fingerprint density at radius 3 is 2.64 bits per heavy atom. The van der Waals surface area contributed by atoms with E-state index in [9.17, 15) is 9.59 Å². The maximum absolute atomic E-state index is 12.3. The van der Waals surface area contributed by atoms with E-state index < -0.39 is 18.0 Å². The molecule has 0 saturated carbocycles. The fraction of sp³-hybridized carbons (Fsp3) is 0.238. The van der Waals surface area contributed by atoms with Crippen LogP contribution in [0, 0.1) is 13.8 Å². The first-order valence-corrected chi connectivity index (χ1v) is 9.08. The number of benzene rings is 2. The monoisotopic (exact) mass is 401 g/mol. The summed E-state index contributed by atoms with van der Waals surface area (Å²) in [5.41, 5.74) is 3.25. The number of nitrogens with one attached hydrogen (secondary N) is 1. The SMILES string of the molecule is Cc1cccc(C)c1NC(=O)[C@H](C)OC(=O)/C=C/c1cc(Cl)c2c(c1)OCO2. The summed E-state index contributed by atoms with van der Waals surface area (Å²) in [7, 11) is 0. The molecule has 1 N–H and O–H groups in total. The fourth-order valence-electron chi connectivity index (χ4n) is 2.75. The summed E-state index contributed by atoms with van der Waals surface area (Å²) < 4.78 is 15.7. The maximum atomic E-state index is 12.3. The smallest absolute Gasteiger partial charge is 0.331 e. The summed E-state index contributed by atoms with van der Waals surface area (Å²) in [6, 6.07) is 9.07. The molecular weight excluding hydrogens is 382 g/mol. The Balaban J connectivity index is 1.60. The van der Waals surface area contributed by atoms with Crippen molar-refractivity contribution < 1.29 is 23.8 Å². The van der Waals surface area contributed by atoms with Gasteiger partial charge >= 0.3 is 5.97 Å². The number of aryl methyl sites for hydroxylation is 2. The molecule has 0 aliphatic carbocycles. The molecule has 0 saturated heterocycles. The van der Waals surface area contributed by atoms with Gasteiger partial charge in [-0.1, -0.05) is 29.8 Å². The van der Waals surface area contributed by atoms with E-state index in [4.69, 9.17) is 25.8 Å². The quantitative estimate of drug-likeness (QED) is 0.598. The summed E-state index contributed by atoms with van der Waals surface area (Å²) in [4.78, 5) is 24.4. The standard InChI is InChI=1S/C21H20ClNO5/c1-12-5-4-6-13(2)19(12)23-21(25)14(3)28-18(24)8-7-15-9-16(22)20-17(10-15)26-11-27-20/h4-10,14H,11H2,1-3H3,(H,23,25)/b8-7+/t14-/m0/s1. The Morgan fingerprint density at radius 2 is 1.93 bits per heavy atom. The van der Waals surface area contributed by atoms with Crippen LogP contribution in [0.25, 0.3) is 6.08 Å². The Labute approximate surface area is 168 Å². The van der Waals surface area contributed by atoms with E-state index in [1.54, 1.807) is 12.1 Å². The van der Waals surface area contributed by atoms with Gasteiger partial charge in [-0.3, -0.25) is 4.79 Å². The van der Waals surface area contributed by atoms with Crippen LogP contribution in [-0.2, 0) is 14.3 Å². The molecule has 3 rings (SSSR count). The van der Waals surface area contributed by atoms with Crippen molar-refractivity contribution in [3.05, 3.63) is 58.1 Å². The van der Waals surface area contributed by atoms with E-state index in [2.05, 4.69) is 5.32 Å². The second kappa shape index (κ2) is 8.35.